The number of anilines is 2. The molecule has 0 aliphatic rings. The van der Waals surface area contributed by atoms with Crippen LogP contribution in [-0.4, -0.2) is 4.99 Å². The normalized spacial score (nSPS) is 10.3. The van der Waals surface area contributed by atoms with Crippen molar-refractivity contribution in [1.29, 1.82) is 0 Å². The van der Waals surface area contributed by atoms with E-state index in [1.807, 2.05) is 43.3 Å². The molecule has 0 atom stereocenters. The summed E-state index contributed by atoms with van der Waals surface area (Å²) in [5, 5.41) is 4.04. The average molecular weight is 356 g/mol. The Kier molecular flexibility index (Phi) is 4.45. The Morgan fingerprint density at radius 2 is 1.84 bits per heavy atom. The van der Waals surface area contributed by atoms with Crippen molar-refractivity contribution >= 4 is 56.1 Å². The van der Waals surface area contributed by atoms with Gasteiger partial charge in [0.1, 0.15) is 4.99 Å². The second-order valence-corrected chi connectivity index (χ2v) is 5.77. The number of hydrogen-bond acceptors (Lipinski definition) is 2. The van der Waals surface area contributed by atoms with E-state index in [0.717, 1.165) is 32.0 Å². The van der Waals surface area contributed by atoms with Crippen LogP contribution in [0.1, 0.15) is 11.1 Å². The minimum absolute atomic E-state index is 0.342. The highest BCUT2D eigenvalue weighted by molar-refractivity contribution is 9.10. The molecule has 2 rings (SSSR count). The second kappa shape index (κ2) is 5.90. The van der Waals surface area contributed by atoms with Crippen molar-refractivity contribution in [3.8, 4) is 0 Å². The summed E-state index contributed by atoms with van der Waals surface area (Å²) in [6.07, 6.45) is 0. The Hall–Kier alpha value is -1.10. The minimum Gasteiger partial charge on any atom is -0.389 e. The maximum absolute atomic E-state index is 6.11. The van der Waals surface area contributed by atoms with Crippen LogP contribution in [0.4, 0.5) is 11.4 Å². The summed E-state index contributed by atoms with van der Waals surface area (Å²) >= 11 is 14.7. The van der Waals surface area contributed by atoms with E-state index in [4.69, 9.17) is 29.6 Å². The lowest BCUT2D eigenvalue weighted by molar-refractivity contribution is 1.42. The Morgan fingerprint density at radius 1 is 1.21 bits per heavy atom. The lowest BCUT2D eigenvalue weighted by Crippen LogP contribution is -2.13. The van der Waals surface area contributed by atoms with E-state index in [0.29, 0.717) is 4.99 Å². The molecule has 0 radical (unpaired) electrons. The number of nitrogens with two attached hydrogens (primary N) is 1. The molecule has 0 aliphatic heterocycles. The Balaban J connectivity index is 2.47. The summed E-state index contributed by atoms with van der Waals surface area (Å²) in [7, 11) is 0. The summed E-state index contributed by atoms with van der Waals surface area (Å²) in [5.41, 5.74) is 9.33. The monoisotopic (exact) mass is 354 g/mol. The van der Waals surface area contributed by atoms with Crippen LogP contribution in [-0.2, 0) is 0 Å². The molecule has 0 aliphatic carbocycles. The first kappa shape index (κ1) is 14.3. The van der Waals surface area contributed by atoms with E-state index < -0.39 is 0 Å². The van der Waals surface area contributed by atoms with E-state index in [9.17, 15) is 0 Å². The molecular formula is C14H12BrClN2S. The average Bonchev–Trinajstić information content (AvgIpc) is 2.34. The smallest absolute Gasteiger partial charge is 0.107 e. The molecule has 0 bridgehead atoms. The molecule has 0 heterocycles. The third-order valence-electron chi connectivity index (χ3n) is 2.80. The van der Waals surface area contributed by atoms with Crippen molar-refractivity contribution in [2.24, 2.45) is 5.73 Å². The van der Waals surface area contributed by atoms with E-state index in [-0.39, 0.29) is 0 Å². The van der Waals surface area contributed by atoms with E-state index >= 15 is 0 Å². The van der Waals surface area contributed by atoms with Gasteiger partial charge in [0.05, 0.1) is 0 Å². The van der Waals surface area contributed by atoms with Crippen LogP contribution < -0.4 is 11.1 Å². The molecule has 0 aromatic heterocycles. The predicted octanol–water partition coefficient (Wildman–Crippen LogP) is 4.79. The zero-order valence-electron chi connectivity index (χ0n) is 10.2. The number of benzene rings is 2. The quantitative estimate of drug-likeness (QED) is 0.778. The molecule has 2 aromatic rings. The molecule has 0 spiro atoms. The van der Waals surface area contributed by atoms with Gasteiger partial charge < -0.3 is 11.1 Å². The van der Waals surface area contributed by atoms with E-state index in [1.54, 1.807) is 0 Å². The number of hydrogen-bond donors (Lipinski definition) is 2. The fraction of sp³-hybridized carbons (Fsp3) is 0.0714. The Morgan fingerprint density at radius 3 is 2.53 bits per heavy atom. The highest BCUT2D eigenvalue weighted by atomic mass is 79.9. The van der Waals surface area contributed by atoms with Gasteiger partial charge in [-0.3, -0.25) is 0 Å². The van der Waals surface area contributed by atoms with Crippen molar-refractivity contribution in [2.45, 2.75) is 6.92 Å². The van der Waals surface area contributed by atoms with Gasteiger partial charge in [-0.2, -0.15) is 0 Å². The molecule has 5 heteroatoms. The molecular weight excluding hydrogens is 344 g/mol. The molecule has 0 fully saturated rings. The fourth-order valence-electron chi connectivity index (χ4n) is 1.77. The first-order chi connectivity index (χ1) is 9.00. The molecule has 0 unspecified atom stereocenters. The van der Waals surface area contributed by atoms with Crippen LogP contribution in [0.25, 0.3) is 0 Å². The molecule has 3 N–H and O–H groups in total. The van der Waals surface area contributed by atoms with Gasteiger partial charge in [0.15, 0.2) is 0 Å². The summed E-state index contributed by atoms with van der Waals surface area (Å²) in [6, 6.07) is 11.5. The number of rotatable bonds is 3. The van der Waals surface area contributed by atoms with Crippen LogP contribution in [0.15, 0.2) is 40.9 Å². The second-order valence-electron chi connectivity index (χ2n) is 4.06. The van der Waals surface area contributed by atoms with Gasteiger partial charge in [0, 0.05) is 26.4 Å². The highest BCUT2D eigenvalue weighted by Gasteiger charge is 2.11. The van der Waals surface area contributed by atoms with Gasteiger partial charge in [0.2, 0.25) is 0 Å². The van der Waals surface area contributed by atoms with Crippen molar-refractivity contribution < 1.29 is 0 Å². The zero-order valence-corrected chi connectivity index (χ0v) is 13.4. The molecule has 98 valence electrons. The Bertz CT molecular complexity index is 643. The lowest BCUT2D eigenvalue weighted by atomic mass is 10.1. The largest absolute Gasteiger partial charge is 0.389 e. The van der Waals surface area contributed by atoms with Gasteiger partial charge >= 0.3 is 0 Å². The standard InChI is InChI=1S/C14H12BrClN2S/c1-8-10(16)5-3-6-11(8)18-12-7-2-4-9(15)13(12)14(17)19/h2-7,18H,1H3,(H2,17,19). The number of nitrogens with one attached hydrogen (secondary N) is 1. The van der Waals surface area contributed by atoms with Crippen LogP contribution in [0, 0.1) is 6.92 Å². The number of halogens is 2. The summed E-state index contributed by atoms with van der Waals surface area (Å²) in [6.45, 7) is 1.96. The van der Waals surface area contributed by atoms with E-state index in [1.165, 1.54) is 0 Å². The van der Waals surface area contributed by atoms with Gasteiger partial charge in [-0.15, -0.1) is 0 Å². The first-order valence-corrected chi connectivity index (χ1v) is 7.19. The molecule has 19 heavy (non-hydrogen) atoms. The van der Waals surface area contributed by atoms with Crippen molar-refractivity contribution in [2.75, 3.05) is 5.32 Å². The van der Waals surface area contributed by atoms with E-state index in [2.05, 4.69) is 21.2 Å². The minimum atomic E-state index is 0.342. The number of thiocarbonyl (C=S) groups is 1. The lowest BCUT2D eigenvalue weighted by Gasteiger charge is -2.15. The molecule has 0 saturated heterocycles. The van der Waals surface area contributed by atoms with Crippen LogP contribution in [0.2, 0.25) is 5.02 Å². The Labute approximate surface area is 131 Å². The van der Waals surface area contributed by atoms with Gasteiger partial charge in [-0.25, -0.2) is 0 Å². The third-order valence-corrected chi connectivity index (χ3v) is 4.07. The maximum atomic E-state index is 6.11. The molecule has 0 amide bonds. The van der Waals surface area contributed by atoms with Crippen molar-refractivity contribution in [3.05, 3.63) is 57.0 Å². The third kappa shape index (κ3) is 3.08. The highest BCUT2D eigenvalue weighted by Crippen LogP contribution is 2.30. The van der Waals surface area contributed by atoms with Crippen molar-refractivity contribution in [3.63, 3.8) is 0 Å². The molecule has 2 aromatic carbocycles. The molecule has 2 nitrogen and oxygen atoms in total. The van der Waals surface area contributed by atoms with Crippen LogP contribution in [0.3, 0.4) is 0 Å². The topological polar surface area (TPSA) is 38.0 Å². The predicted molar refractivity (Wildman–Crippen MR) is 89.5 cm³/mol. The zero-order chi connectivity index (χ0) is 14.0. The summed E-state index contributed by atoms with van der Waals surface area (Å²) in [4.78, 5) is 0.342. The van der Waals surface area contributed by atoms with Crippen LogP contribution >= 0.6 is 39.7 Å². The molecule has 0 saturated carbocycles. The summed E-state index contributed by atoms with van der Waals surface area (Å²) in [5.74, 6) is 0. The van der Waals surface area contributed by atoms with Crippen molar-refractivity contribution in [1.82, 2.24) is 0 Å². The van der Waals surface area contributed by atoms with Gasteiger partial charge in [0.25, 0.3) is 0 Å². The maximum Gasteiger partial charge on any atom is 0.107 e. The van der Waals surface area contributed by atoms with Gasteiger partial charge in [-0.1, -0.05) is 36.0 Å². The van der Waals surface area contributed by atoms with Crippen LogP contribution in [0.5, 0.6) is 0 Å². The van der Waals surface area contributed by atoms with Gasteiger partial charge in [-0.05, 0) is 52.7 Å². The first-order valence-electron chi connectivity index (χ1n) is 5.61. The SMILES string of the molecule is Cc1c(Cl)cccc1Nc1cccc(Br)c1C(N)=S. The fourth-order valence-corrected chi connectivity index (χ4v) is 2.87. The summed E-state index contributed by atoms with van der Waals surface area (Å²) < 4.78 is 0.865.